The molecule has 2 aromatic carbocycles. The summed E-state index contributed by atoms with van der Waals surface area (Å²) in [6.07, 6.45) is 5.28. The van der Waals surface area contributed by atoms with Crippen LogP contribution >= 0.6 is 0 Å². The zero-order valence-corrected chi connectivity index (χ0v) is 15.9. The molecule has 24 heavy (non-hydrogen) atoms. The summed E-state index contributed by atoms with van der Waals surface area (Å²) in [5.41, 5.74) is 2.46. The first-order valence-electron chi connectivity index (χ1n) is 8.99. The maximum absolute atomic E-state index is 6.26. The Hall–Kier alpha value is -1.96. The third kappa shape index (κ3) is 3.92. The lowest BCUT2D eigenvalue weighted by Gasteiger charge is -2.18. The smallest absolute Gasteiger partial charge is 0.138 e. The van der Waals surface area contributed by atoms with E-state index in [1.54, 1.807) is 7.11 Å². The predicted molar refractivity (Wildman–Crippen MR) is 103 cm³/mol. The van der Waals surface area contributed by atoms with E-state index in [0.717, 1.165) is 41.9 Å². The maximum atomic E-state index is 6.26. The number of hydrogen-bond donors (Lipinski definition) is 0. The van der Waals surface area contributed by atoms with Crippen LogP contribution in [0.4, 0.5) is 0 Å². The maximum Gasteiger partial charge on any atom is 0.138 e. The molecule has 0 saturated carbocycles. The topological polar surface area (TPSA) is 18.5 Å². The molecule has 0 fully saturated rings. The third-order valence-corrected chi connectivity index (χ3v) is 4.39. The molecule has 0 amide bonds. The molecule has 0 aliphatic heterocycles. The third-order valence-electron chi connectivity index (χ3n) is 4.39. The predicted octanol–water partition coefficient (Wildman–Crippen LogP) is 6.62. The second-order valence-electron chi connectivity index (χ2n) is 6.58. The van der Waals surface area contributed by atoms with Gasteiger partial charge in [-0.05, 0) is 60.4 Å². The number of ether oxygens (including phenoxy) is 2. The lowest BCUT2D eigenvalue weighted by atomic mass is 9.96. The van der Waals surface area contributed by atoms with Gasteiger partial charge in [0.05, 0.1) is 12.9 Å². The van der Waals surface area contributed by atoms with E-state index >= 15 is 0 Å². The van der Waals surface area contributed by atoms with Gasteiger partial charge < -0.3 is 9.47 Å². The van der Waals surface area contributed by atoms with Crippen LogP contribution in [0, 0.1) is 0 Å². The minimum Gasteiger partial charge on any atom is -0.496 e. The van der Waals surface area contributed by atoms with Crippen LogP contribution in [0.5, 0.6) is 11.5 Å². The van der Waals surface area contributed by atoms with E-state index in [1.165, 1.54) is 16.5 Å². The summed E-state index contributed by atoms with van der Waals surface area (Å²) in [6.45, 7) is 10.8. The van der Waals surface area contributed by atoms with E-state index in [9.17, 15) is 0 Å². The second-order valence-corrected chi connectivity index (χ2v) is 6.58. The van der Waals surface area contributed by atoms with Gasteiger partial charge in [-0.3, -0.25) is 0 Å². The Morgan fingerprint density at radius 3 is 2.50 bits per heavy atom. The van der Waals surface area contributed by atoms with Crippen LogP contribution in [-0.4, -0.2) is 7.11 Å². The van der Waals surface area contributed by atoms with Crippen LogP contribution in [0.25, 0.3) is 10.8 Å². The molecule has 2 aromatic rings. The molecular formula is C22H30O2. The highest BCUT2D eigenvalue weighted by Gasteiger charge is 2.14. The Bertz CT molecular complexity index is 726. The minimum absolute atomic E-state index is 0.422. The van der Waals surface area contributed by atoms with Crippen molar-refractivity contribution >= 4 is 10.8 Å². The number of hydrogen-bond acceptors (Lipinski definition) is 2. The number of aryl methyl sites for hydroxylation is 1. The van der Waals surface area contributed by atoms with Crippen molar-refractivity contribution in [2.75, 3.05) is 7.11 Å². The van der Waals surface area contributed by atoms with E-state index in [0.29, 0.717) is 5.92 Å². The van der Waals surface area contributed by atoms with Crippen molar-refractivity contribution in [2.24, 2.45) is 0 Å². The molecule has 2 rings (SSSR count). The van der Waals surface area contributed by atoms with E-state index < -0.39 is 0 Å². The highest BCUT2D eigenvalue weighted by molar-refractivity contribution is 5.92. The summed E-state index contributed by atoms with van der Waals surface area (Å²) in [5, 5.41) is 2.33. The van der Waals surface area contributed by atoms with Crippen molar-refractivity contribution in [1.82, 2.24) is 0 Å². The van der Waals surface area contributed by atoms with Crippen molar-refractivity contribution in [3.8, 4) is 11.5 Å². The van der Waals surface area contributed by atoms with Crippen LogP contribution in [0.1, 0.15) is 64.5 Å². The Balaban J connectivity index is 2.62. The Morgan fingerprint density at radius 2 is 1.92 bits per heavy atom. The van der Waals surface area contributed by atoms with Gasteiger partial charge in [0.1, 0.15) is 11.5 Å². The molecule has 0 heterocycles. The van der Waals surface area contributed by atoms with Crippen LogP contribution in [0.3, 0.4) is 0 Å². The highest BCUT2D eigenvalue weighted by atomic mass is 16.5. The monoisotopic (exact) mass is 326 g/mol. The SMILES string of the molecule is CCC/C=C(/C)Oc1c(CC)ccc2cc(C(C)C)c(OC)cc12. The quantitative estimate of drug-likeness (QED) is 0.532. The van der Waals surface area contributed by atoms with E-state index in [4.69, 9.17) is 9.47 Å². The van der Waals surface area contributed by atoms with E-state index in [-0.39, 0.29) is 0 Å². The summed E-state index contributed by atoms with van der Waals surface area (Å²) < 4.78 is 11.9. The molecule has 0 aromatic heterocycles. The van der Waals surface area contributed by atoms with Gasteiger partial charge in [-0.25, -0.2) is 0 Å². The molecule has 0 saturated heterocycles. The Kier molecular flexibility index (Phi) is 6.30. The second kappa shape index (κ2) is 8.23. The molecule has 0 N–H and O–H groups in total. The number of unbranched alkanes of at least 4 members (excludes halogenated alkanes) is 1. The molecular weight excluding hydrogens is 296 g/mol. The average molecular weight is 326 g/mol. The van der Waals surface area contributed by atoms with Gasteiger partial charge >= 0.3 is 0 Å². The van der Waals surface area contributed by atoms with Gasteiger partial charge in [0.2, 0.25) is 0 Å². The minimum atomic E-state index is 0.422. The number of fused-ring (bicyclic) bond motifs is 1. The lowest BCUT2D eigenvalue weighted by molar-refractivity contribution is 0.407. The molecule has 2 nitrogen and oxygen atoms in total. The van der Waals surface area contributed by atoms with Gasteiger partial charge in [0.15, 0.2) is 0 Å². The fourth-order valence-electron chi connectivity index (χ4n) is 2.96. The molecule has 0 aliphatic carbocycles. The molecule has 0 aliphatic rings. The van der Waals surface area contributed by atoms with Crippen LogP contribution in [0.2, 0.25) is 0 Å². The van der Waals surface area contributed by atoms with Crippen molar-refractivity contribution in [1.29, 1.82) is 0 Å². The van der Waals surface area contributed by atoms with Crippen LogP contribution in [0.15, 0.2) is 36.1 Å². The summed E-state index contributed by atoms with van der Waals surface area (Å²) in [6, 6.07) is 8.74. The van der Waals surface area contributed by atoms with Gasteiger partial charge in [0, 0.05) is 5.39 Å². The summed E-state index contributed by atoms with van der Waals surface area (Å²) in [4.78, 5) is 0. The molecule has 0 bridgehead atoms. The Morgan fingerprint density at radius 1 is 1.17 bits per heavy atom. The number of rotatable bonds is 7. The molecule has 0 radical (unpaired) electrons. The number of allylic oxidation sites excluding steroid dienone is 2. The van der Waals surface area contributed by atoms with Crippen molar-refractivity contribution < 1.29 is 9.47 Å². The van der Waals surface area contributed by atoms with Crippen LogP contribution in [-0.2, 0) is 6.42 Å². The number of methoxy groups -OCH3 is 1. The van der Waals surface area contributed by atoms with Crippen molar-refractivity contribution in [3.05, 3.63) is 47.2 Å². The largest absolute Gasteiger partial charge is 0.496 e. The van der Waals surface area contributed by atoms with E-state index in [2.05, 4.69) is 58.0 Å². The first-order chi connectivity index (χ1) is 11.5. The fourth-order valence-corrected chi connectivity index (χ4v) is 2.96. The average Bonchev–Trinajstić information content (AvgIpc) is 2.58. The fraction of sp³-hybridized carbons (Fsp3) is 0.455. The van der Waals surface area contributed by atoms with Gasteiger partial charge in [-0.2, -0.15) is 0 Å². The molecule has 0 atom stereocenters. The summed E-state index contributed by atoms with van der Waals surface area (Å²) >= 11 is 0. The normalized spacial score (nSPS) is 12.0. The summed E-state index contributed by atoms with van der Waals surface area (Å²) in [7, 11) is 1.74. The van der Waals surface area contributed by atoms with Gasteiger partial charge in [-0.15, -0.1) is 0 Å². The van der Waals surface area contributed by atoms with Gasteiger partial charge in [0.25, 0.3) is 0 Å². The van der Waals surface area contributed by atoms with E-state index in [1.807, 2.05) is 6.92 Å². The highest BCUT2D eigenvalue weighted by Crippen LogP contribution is 2.38. The first kappa shape index (κ1) is 18.4. The van der Waals surface area contributed by atoms with Gasteiger partial charge in [-0.1, -0.05) is 46.2 Å². The number of benzene rings is 2. The Labute approximate surface area is 146 Å². The molecule has 130 valence electrons. The van der Waals surface area contributed by atoms with Crippen molar-refractivity contribution in [3.63, 3.8) is 0 Å². The molecule has 0 unspecified atom stereocenters. The van der Waals surface area contributed by atoms with Crippen molar-refractivity contribution in [2.45, 2.75) is 59.8 Å². The lowest BCUT2D eigenvalue weighted by Crippen LogP contribution is -1.99. The molecule has 2 heteroatoms. The molecule has 0 spiro atoms. The summed E-state index contributed by atoms with van der Waals surface area (Å²) in [5.74, 6) is 3.29. The first-order valence-corrected chi connectivity index (χ1v) is 8.99. The standard InChI is InChI=1S/C22H30O2/c1-7-9-10-16(5)24-22-17(8-2)11-12-18-13-19(15(3)4)21(23-6)14-20(18)22/h10-15H,7-9H2,1-6H3/b16-10-. The van der Waals surface area contributed by atoms with Crippen LogP contribution < -0.4 is 9.47 Å². The zero-order chi connectivity index (χ0) is 17.7. The zero-order valence-electron chi connectivity index (χ0n) is 15.9.